The average molecular weight is 452 g/mol. The molecule has 2 aromatic carbocycles. The first kappa shape index (κ1) is 22.7. The van der Waals surface area contributed by atoms with Gasteiger partial charge in [0.15, 0.2) is 11.6 Å². The van der Waals surface area contributed by atoms with E-state index in [2.05, 4.69) is 10.3 Å². The first-order valence-electron chi connectivity index (χ1n) is 9.20. The summed E-state index contributed by atoms with van der Waals surface area (Å²) in [6, 6.07) is 10.7. The zero-order valence-electron chi connectivity index (χ0n) is 16.0. The Hall–Kier alpha value is -2.94. The van der Waals surface area contributed by atoms with E-state index in [0.717, 1.165) is 17.8 Å². The van der Waals surface area contributed by atoms with Crippen molar-refractivity contribution in [2.24, 2.45) is 0 Å². The van der Waals surface area contributed by atoms with Crippen molar-refractivity contribution in [2.45, 2.75) is 23.9 Å². The summed E-state index contributed by atoms with van der Waals surface area (Å²) < 4.78 is 67.9. The van der Waals surface area contributed by atoms with Gasteiger partial charge in [-0.1, -0.05) is 12.1 Å². The number of nitrogens with zero attached hydrogens (tertiary/aromatic N) is 1. The van der Waals surface area contributed by atoms with Gasteiger partial charge in [-0.05, 0) is 48.0 Å². The van der Waals surface area contributed by atoms with Crippen molar-refractivity contribution in [1.29, 1.82) is 0 Å². The van der Waals surface area contributed by atoms with Crippen LogP contribution in [0, 0.1) is 17.5 Å². The predicted octanol–water partition coefficient (Wildman–Crippen LogP) is 5.70. The fourth-order valence-corrected chi connectivity index (χ4v) is 3.71. The summed E-state index contributed by atoms with van der Waals surface area (Å²) in [5.41, 5.74) is 0.287. The first-order chi connectivity index (χ1) is 14.8. The molecule has 3 aromatic rings. The lowest BCUT2D eigenvalue weighted by Crippen LogP contribution is -2.23. The number of carbonyl (C=O) groups excluding carboxylic acids is 1. The third-order valence-electron chi connectivity index (χ3n) is 4.38. The summed E-state index contributed by atoms with van der Waals surface area (Å²) in [5.74, 6) is -6.86. The highest BCUT2D eigenvalue weighted by Gasteiger charge is 2.32. The minimum absolute atomic E-state index is 0.110. The van der Waals surface area contributed by atoms with Crippen molar-refractivity contribution in [3.05, 3.63) is 94.9 Å². The van der Waals surface area contributed by atoms with Crippen LogP contribution in [-0.2, 0) is 12.5 Å². The van der Waals surface area contributed by atoms with Crippen LogP contribution in [0.5, 0.6) is 0 Å². The van der Waals surface area contributed by atoms with E-state index < -0.39 is 35.4 Å². The van der Waals surface area contributed by atoms with Crippen molar-refractivity contribution >= 4 is 17.7 Å². The van der Waals surface area contributed by atoms with Gasteiger partial charge in [0.25, 0.3) is 11.8 Å². The first-order valence-corrected chi connectivity index (χ1v) is 10.2. The van der Waals surface area contributed by atoms with Crippen LogP contribution in [0.25, 0.3) is 0 Å². The number of hydrogen-bond donors (Lipinski definition) is 1. The Kier molecular flexibility index (Phi) is 7.27. The third-order valence-corrected chi connectivity index (χ3v) is 5.39. The number of pyridine rings is 1. The van der Waals surface area contributed by atoms with Crippen LogP contribution in [0.3, 0.4) is 0 Å². The second kappa shape index (κ2) is 9.91. The molecule has 0 radical (unpaired) electrons. The maximum atomic E-state index is 14.3. The SMILES string of the molecule is O=C(NCc1ccc(F)cc1)c1cccnc1SCCC(F)(F)c1ccc(F)c(F)c1. The van der Waals surface area contributed by atoms with E-state index in [0.29, 0.717) is 17.7 Å². The Morgan fingerprint density at radius 1 is 1.00 bits per heavy atom. The number of halogens is 5. The maximum Gasteiger partial charge on any atom is 0.274 e. The molecule has 0 aliphatic rings. The van der Waals surface area contributed by atoms with Gasteiger partial charge < -0.3 is 5.32 Å². The zero-order chi connectivity index (χ0) is 22.4. The highest BCUT2D eigenvalue weighted by Crippen LogP contribution is 2.35. The Bertz CT molecular complexity index is 1060. The zero-order valence-corrected chi connectivity index (χ0v) is 16.9. The molecule has 3 nitrogen and oxygen atoms in total. The molecule has 0 aliphatic heterocycles. The molecule has 0 spiro atoms. The van der Waals surface area contributed by atoms with Crippen LogP contribution in [-0.4, -0.2) is 16.6 Å². The highest BCUT2D eigenvalue weighted by molar-refractivity contribution is 7.99. The molecule has 1 N–H and O–H groups in total. The summed E-state index contributed by atoms with van der Waals surface area (Å²) in [6.45, 7) is 0.159. The number of aromatic nitrogens is 1. The lowest BCUT2D eigenvalue weighted by molar-refractivity contribution is -0.00740. The third kappa shape index (κ3) is 6.04. The molecule has 0 saturated heterocycles. The molecular formula is C22H17F5N2OS. The minimum atomic E-state index is -3.37. The molecular weight excluding hydrogens is 435 g/mol. The van der Waals surface area contributed by atoms with Gasteiger partial charge in [-0.15, -0.1) is 11.8 Å². The largest absolute Gasteiger partial charge is 0.348 e. The number of hydrogen-bond acceptors (Lipinski definition) is 3. The van der Waals surface area contributed by atoms with Crippen LogP contribution >= 0.6 is 11.8 Å². The highest BCUT2D eigenvalue weighted by atomic mass is 32.2. The lowest BCUT2D eigenvalue weighted by Gasteiger charge is -2.17. The van der Waals surface area contributed by atoms with Gasteiger partial charge in [-0.2, -0.15) is 0 Å². The lowest BCUT2D eigenvalue weighted by atomic mass is 10.1. The molecule has 0 atom stereocenters. The predicted molar refractivity (Wildman–Crippen MR) is 107 cm³/mol. The number of thioether (sulfide) groups is 1. The van der Waals surface area contributed by atoms with Crippen LogP contribution in [0.1, 0.15) is 27.9 Å². The van der Waals surface area contributed by atoms with E-state index >= 15 is 0 Å². The maximum absolute atomic E-state index is 14.3. The van der Waals surface area contributed by atoms with E-state index in [1.807, 2.05) is 0 Å². The van der Waals surface area contributed by atoms with Gasteiger partial charge in [0.2, 0.25) is 0 Å². The molecule has 0 bridgehead atoms. The molecule has 1 heterocycles. The van der Waals surface area contributed by atoms with Crippen molar-refractivity contribution in [3.8, 4) is 0 Å². The van der Waals surface area contributed by atoms with Gasteiger partial charge in [-0.25, -0.2) is 26.9 Å². The number of benzene rings is 2. The normalized spacial score (nSPS) is 11.4. The molecule has 31 heavy (non-hydrogen) atoms. The number of amides is 1. The second-order valence-corrected chi connectivity index (χ2v) is 7.68. The van der Waals surface area contributed by atoms with Gasteiger partial charge >= 0.3 is 0 Å². The van der Waals surface area contributed by atoms with Gasteiger partial charge in [0.1, 0.15) is 10.8 Å². The number of carbonyl (C=O) groups is 1. The van der Waals surface area contributed by atoms with E-state index in [4.69, 9.17) is 0 Å². The molecule has 3 rings (SSSR count). The minimum Gasteiger partial charge on any atom is -0.348 e. The van der Waals surface area contributed by atoms with Gasteiger partial charge in [-0.3, -0.25) is 4.79 Å². The molecule has 0 saturated carbocycles. The monoisotopic (exact) mass is 452 g/mol. The van der Waals surface area contributed by atoms with Crippen LogP contribution in [0.2, 0.25) is 0 Å². The van der Waals surface area contributed by atoms with Crippen molar-refractivity contribution in [2.75, 3.05) is 5.75 Å². The summed E-state index contributed by atoms with van der Waals surface area (Å²) in [6.07, 6.45) is 0.780. The molecule has 1 aromatic heterocycles. The average Bonchev–Trinajstić information content (AvgIpc) is 2.75. The Balaban J connectivity index is 1.61. The van der Waals surface area contributed by atoms with Crippen molar-refractivity contribution < 1.29 is 26.7 Å². The van der Waals surface area contributed by atoms with E-state index in [1.165, 1.54) is 36.5 Å². The van der Waals surface area contributed by atoms with Gasteiger partial charge in [0, 0.05) is 30.5 Å². The molecule has 0 aliphatic carbocycles. The summed E-state index contributed by atoms with van der Waals surface area (Å²) >= 11 is 0.959. The van der Waals surface area contributed by atoms with E-state index in [-0.39, 0.29) is 28.7 Å². The van der Waals surface area contributed by atoms with Crippen LogP contribution in [0.15, 0.2) is 65.8 Å². The van der Waals surface area contributed by atoms with Crippen LogP contribution < -0.4 is 5.32 Å². The molecule has 0 fully saturated rings. The van der Waals surface area contributed by atoms with Crippen molar-refractivity contribution in [1.82, 2.24) is 10.3 Å². The quantitative estimate of drug-likeness (QED) is 0.352. The molecule has 162 valence electrons. The number of alkyl halides is 2. The van der Waals surface area contributed by atoms with Crippen LogP contribution in [0.4, 0.5) is 22.0 Å². The topological polar surface area (TPSA) is 42.0 Å². The Morgan fingerprint density at radius 2 is 1.74 bits per heavy atom. The molecule has 9 heteroatoms. The second-order valence-electron chi connectivity index (χ2n) is 6.60. The summed E-state index contributed by atoms with van der Waals surface area (Å²) in [7, 11) is 0. The summed E-state index contributed by atoms with van der Waals surface area (Å²) in [4.78, 5) is 16.6. The number of nitrogens with one attached hydrogen (secondary N) is 1. The Labute approximate surface area is 179 Å². The fraction of sp³-hybridized carbons (Fsp3) is 0.182. The van der Waals surface area contributed by atoms with Gasteiger partial charge in [0.05, 0.1) is 5.56 Å². The number of rotatable bonds is 8. The van der Waals surface area contributed by atoms with E-state index in [9.17, 15) is 26.7 Å². The van der Waals surface area contributed by atoms with E-state index in [1.54, 1.807) is 6.07 Å². The standard InChI is InChI=1S/C22H17F5N2OS/c23-16-6-3-14(4-7-16)13-29-20(30)17-2-1-10-28-21(17)31-11-9-22(26,27)15-5-8-18(24)19(25)12-15/h1-8,10,12H,9,11,13H2,(H,29,30). The van der Waals surface area contributed by atoms with Crippen molar-refractivity contribution in [3.63, 3.8) is 0 Å². The summed E-state index contributed by atoms with van der Waals surface area (Å²) in [5, 5.41) is 2.94. The molecule has 0 unspecified atom stereocenters. The fourth-order valence-electron chi connectivity index (χ4n) is 2.70. The molecule has 1 amide bonds. The smallest absolute Gasteiger partial charge is 0.274 e. The Morgan fingerprint density at radius 3 is 2.45 bits per heavy atom.